The maximum atomic E-state index is 12.1. The molecule has 1 aromatic rings. The smallest absolute Gasteiger partial charge is 0.168 e. The maximum Gasteiger partial charge on any atom is 0.168 e. The third-order valence-electron chi connectivity index (χ3n) is 2.51. The highest BCUT2D eigenvalue weighted by molar-refractivity contribution is 7.98. The van der Waals surface area contributed by atoms with Crippen molar-refractivity contribution in [2.75, 3.05) is 20.5 Å². The molecular weight excluding hydrogens is 250 g/mol. The molecule has 1 aromatic carbocycles. The predicted molar refractivity (Wildman–Crippen MR) is 73.9 cm³/mol. The molecule has 0 heterocycles. The van der Waals surface area contributed by atoms with E-state index in [2.05, 4.69) is 0 Å². The van der Waals surface area contributed by atoms with Crippen molar-refractivity contribution < 1.29 is 14.3 Å². The van der Waals surface area contributed by atoms with Crippen LogP contribution in [0.2, 0.25) is 0 Å². The van der Waals surface area contributed by atoms with Crippen LogP contribution in [0.15, 0.2) is 17.0 Å². The van der Waals surface area contributed by atoms with E-state index in [-0.39, 0.29) is 18.2 Å². The number of ether oxygens (including phenoxy) is 2. The van der Waals surface area contributed by atoms with Gasteiger partial charge in [-0.3, -0.25) is 4.79 Å². The summed E-state index contributed by atoms with van der Waals surface area (Å²) in [6, 6.07) is 3.36. The molecule has 18 heavy (non-hydrogen) atoms. The fourth-order valence-electron chi connectivity index (χ4n) is 1.65. The van der Waals surface area contributed by atoms with Crippen molar-refractivity contribution in [1.82, 2.24) is 0 Å². The fourth-order valence-corrected chi connectivity index (χ4v) is 2.22. The molecule has 0 aliphatic carbocycles. The quantitative estimate of drug-likeness (QED) is 0.634. The van der Waals surface area contributed by atoms with Crippen LogP contribution >= 0.6 is 11.8 Å². The molecule has 0 saturated carbocycles. The van der Waals surface area contributed by atoms with Gasteiger partial charge in [-0.2, -0.15) is 0 Å². The van der Waals surface area contributed by atoms with Crippen LogP contribution in [0.4, 0.5) is 0 Å². The fraction of sp³-hybridized carbons (Fsp3) is 0.462. The summed E-state index contributed by atoms with van der Waals surface area (Å²) >= 11 is 1.54. The molecular formula is C13H19NO3S. The summed E-state index contributed by atoms with van der Waals surface area (Å²) in [4.78, 5) is 13.0. The summed E-state index contributed by atoms with van der Waals surface area (Å²) in [7, 11) is 3.13. The summed E-state index contributed by atoms with van der Waals surface area (Å²) in [5, 5.41) is 0. The second-order valence-electron chi connectivity index (χ2n) is 4.01. The van der Waals surface area contributed by atoms with Crippen LogP contribution in [-0.2, 0) is 0 Å². The van der Waals surface area contributed by atoms with E-state index in [1.807, 2.05) is 12.3 Å². The monoisotopic (exact) mass is 269 g/mol. The Morgan fingerprint density at radius 2 is 1.94 bits per heavy atom. The number of hydrogen-bond acceptors (Lipinski definition) is 5. The van der Waals surface area contributed by atoms with Crippen molar-refractivity contribution in [2.45, 2.75) is 24.3 Å². The molecule has 0 fully saturated rings. The standard InChI is InChI=1S/C13H19NO3S/c1-8(14)5-10(15)9-6-12(17-3)13(18-4)7-11(9)16-2/h6-8H,5,14H2,1-4H3. The number of ketones is 1. The van der Waals surface area contributed by atoms with Gasteiger partial charge in [-0.1, -0.05) is 0 Å². The van der Waals surface area contributed by atoms with Gasteiger partial charge in [-0.25, -0.2) is 0 Å². The first-order chi connectivity index (χ1) is 8.53. The molecule has 0 aromatic heterocycles. The summed E-state index contributed by atoms with van der Waals surface area (Å²) in [6.07, 6.45) is 2.23. The van der Waals surface area contributed by atoms with E-state index in [9.17, 15) is 4.79 Å². The first-order valence-electron chi connectivity index (χ1n) is 5.62. The van der Waals surface area contributed by atoms with E-state index in [0.717, 1.165) is 4.90 Å². The molecule has 0 aliphatic heterocycles. The molecule has 1 rings (SSSR count). The zero-order valence-electron chi connectivity index (χ0n) is 11.1. The van der Waals surface area contributed by atoms with Gasteiger partial charge in [0.05, 0.1) is 24.7 Å². The molecule has 1 unspecified atom stereocenters. The lowest BCUT2D eigenvalue weighted by Gasteiger charge is -2.13. The Labute approximate surface area is 112 Å². The van der Waals surface area contributed by atoms with E-state index in [1.165, 1.54) is 0 Å². The van der Waals surface area contributed by atoms with Gasteiger partial charge in [0.15, 0.2) is 5.78 Å². The van der Waals surface area contributed by atoms with Crippen LogP contribution in [0, 0.1) is 0 Å². The first kappa shape index (κ1) is 14.9. The molecule has 0 amide bonds. The minimum absolute atomic E-state index is 0.0344. The number of Topliss-reactive ketones (excluding diaryl/α,β-unsaturated/α-hetero) is 1. The molecule has 100 valence electrons. The topological polar surface area (TPSA) is 61.5 Å². The third kappa shape index (κ3) is 3.40. The van der Waals surface area contributed by atoms with Gasteiger partial charge in [-0.05, 0) is 25.3 Å². The van der Waals surface area contributed by atoms with Crippen molar-refractivity contribution in [1.29, 1.82) is 0 Å². The largest absolute Gasteiger partial charge is 0.496 e. The number of carbonyl (C=O) groups excluding carboxylic acids is 1. The summed E-state index contributed by atoms with van der Waals surface area (Å²) in [5.41, 5.74) is 6.17. The lowest BCUT2D eigenvalue weighted by Crippen LogP contribution is -2.20. The normalized spacial score (nSPS) is 12.1. The highest BCUT2D eigenvalue weighted by Crippen LogP contribution is 2.35. The third-order valence-corrected chi connectivity index (χ3v) is 3.27. The molecule has 0 saturated heterocycles. The summed E-state index contributed by atoms with van der Waals surface area (Å²) in [6.45, 7) is 1.80. The number of rotatable bonds is 6. The van der Waals surface area contributed by atoms with Gasteiger partial charge in [0.1, 0.15) is 11.5 Å². The Kier molecular flexibility index (Phi) is 5.50. The molecule has 1 atom stereocenters. The predicted octanol–water partition coefficient (Wildman–Crippen LogP) is 2.35. The Hall–Kier alpha value is -1.20. The van der Waals surface area contributed by atoms with Crippen LogP contribution in [-0.4, -0.2) is 32.3 Å². The number of benzene rings is 1. The minimum atomic E-state index is -0.173. The Morgan fingerprint density at radius 1 is 1.33 bits per heavy atom. The molecule has 0 spiro atoms. The average molecular weight is 269 g/mol. The second kappa shape index (κ2) is 6.66. The van der Waals surface area contributed by atoms with Gasteiger partial charge >= 0.3 is 0 Å². The number of nitrogens with two attached hydrogens (primary N) is 1. The Morgan fingerprint density at radius 3 is 2.39 bits per heavy atom. The first-order valence-corrected chi connectivity index (χ1v) is 6.84. The van der Waals surface area contributed by atoms with Crippen LogP contribution in [0.5, 0.6) is 11.5 Å². The molecule has 0 bridgehead atoms. The summed E-state index contributed by atoms with van der Waals surface area (Å²) in [5.74, 6) is 1.20. The van der Waals surface area contributed by atoms with Crippen LogP contribution < -0.4 is 15.2 Å². The lowest BCUT2D eigenvalue weighted by molar-refractivity contribution is 0.0973. The van der Waals surface area contributed by atoms with E-state index in [1.54, 1.807) is 39.0 Å². The van der Waals surface area contributed by atoms with Gasteiger partial charge < -0.3 is 15.2 Å². The van der Waals surface area contributed by atoms with Gasteiger partial charge in [0, 0.05) is 12.5 Å². The number of methoxy groups -OCH3 is 2. The molecule has 2 N–H and O–H groups in total. The van der Waals surface area contributed by atoms with Crippen molar-refractivity contribution in [3.63, 3.8) is 0 Å². The van der Waals surface area contributed by atoms with Crippen molar-refractivity contribution in [3.8, 4) is 11.5 Å². The van der Waals surface area contributed by atoms with Crippen LogP contribution in [0.3, 0.4) is 0 Å². The average Bonchev–Trinajstić information content (AvgIpc) is 2.36. The highest BCUT2D eigenvalue weighted by atomic mass is 32.2. The zero-order chi connectivity index (χ0) is 13.7. The molecule has 0 radical (unpaired) electrons. The lowest BCUT2D eigenvalue weighted by atomic mass is 10.0. The molecule has 5 heteroatoms. The van der Waals surface area contributed by atoms with E-state index < -0.39 is 0 Å². The Bertz CT molecular complexity index is 432. The van der Waals surface area contributed by atoms with Crippen molar-refractivity contribution in [2.24, 2.45) is 5.73 Å². The van der Waals surface area contributed by atoms with E-state index in [4.69, 9.17) is 15.2 Å². The zero-order valence-corrected chi connectivity index (χ0v) is 12.0. The van der Waals surface area contributed by atoms with Gasteiger partial charge in [0.2, 0.25) is 0 Å². The SMILES string of the molecule is COc1cc(C(=O)CC(C)N)c(OC)cc1SC. The molecule has 0 aliphatic rings. The number of carbonyl (C=O) groups is 1. The second-order valence-corrected chi connectivity index (χ2v) is 4.86. The summed E-state index contributed by atoms with van der Waals surface area (Å²) < 4.78 is 10.5. The van der Waals surface area contributed by atoms with Crippen LogP contribution in [0.25, 0.3) is 0 Å². The van der Waals surface area contributed by atoms with E-state index in [0.29, 0.717) is 17.1 Å². The van der Waals surface area contributed by atoms with E-state index >= 15 is 0 Å². The number of thioether (sulfide) groups is 1. The maximum absolute atomic E-state index is 12.1. The number of hydrogen-bond donors (Lipinski definition) is 1. The van der Waals surface area contributed by atoms with Crippen molar-refractivity contribution >= 4 is 17.5 Å². The Balaban J connectivity index is 3.20. The van der Waals surface area contributed by atoms with Crippen LogP contribution in [0.1, 0.15) is 23.7 Å². The molecule has 4 nitrogen and oxygen atoms in total. The van der Waals surface area contributed by atoms with Crippen molar-refractivity contribution in [3.05, 3.63) is 17.7 Å². The van der Waals surface area contributed by atoms with Gasteiger partial charge in [-0.15, -0.1) is 11.8 Å². The highest BCUT2D eigenvalue weighted by Gasteiger charge is 2.17. The minimum Gasteiger partial charge on any atom is -0.496 e. The van der Waals surface area contributed by atoms with Gasteiger partial charge in [0.25, 0.3) is 0 Å².